The van der Waals surface area contributed by atoms with Crippen molar-refractivity contribution in [2.75, 3.05) is 0 Å². The molecule has 0 radical (unpaired) electrons. The Bertz CT molecular complexity index is 3190. The van der Waals surface area contributed by atoms with Gasteiger partial charge in [0.1, 0.15) is 11.2 Å². The molecule has 3 heterocycles. The van der Waals surface area contributed by atoms with E-state index in [0.29, 0.717) is 17.5 Å². The van der Waals surface area contributed by atoms with Crippen molar-refractivity contribution in [1.82, 2.24) is 19.5 Å². The molecule has 0 fully saturated rings. The molecule has 56 heavy (non-hydrogen) atoms. The third kappa shape index (κ3) is 5.29. The van der Waals surface area contributed by atoms with Crippen LogP contribution >= 0.6 is 0 Å². The molecule has 3 aromatic heterocycles. The van der Waals surface area contributed by atoms with Crippen LogP contribution in [0.1, 0.15) is 0 Å². The maximum absolute atomic E-state index is 6.97. The van der Waals surface area contributed by atoms with Gasteiger partial charge in [0, 0.05) is 38.4 Å². The molecule has 0 bridgehead atoms. The number of hydrogen-bond acceptors (Lipinski definition) is 4. The number of para-hydroxylation sites is 2. The van der Waals surface area contributed by atoms with Gasteiger partial charge in [-0.05, 0) is 59.2 Å². The minimum absolute atomic E-state index is 0.576. The molecule has 0 spiro atoms. The van der Waals surface area contributed by atoms with Crippen LogP contribution in [0, 0.1) is 0 Å². The highest BCUT2D eigenvalue weighted by Crippen LogP contribution is 2.43. The van der Waals surface area contributed by atoms with Gasteiger partial charge < -0.3 is 8.98 Å². The van der Waals surface area contributed by atoms with E-state index in [1.165, 1.54) is 10.8 Å². The van der Waals surface area contributed by atoms with Crippen molar-refractivity contribution in [2.45, 2.75) is 0 Å². The number of hydrogen-bond donors (Lipinski definition) is 0. The van der Waals surface area contributed by atoms with Crippen molar-refractivity contribution >= 4 is 43.7 Å². The molecule has 0 unspecified atom stereocenters. The summed E-state index contributed by atoms with van der Waals surface area (Å²) in [6, 6.07) is 67.3. The zero-order valence-corrected chi connectivity index (χ0v) is 30.2. The van der Waals surface area contributed by atoms with Crippen LogP contribution in [0.2, 0.25) is 0 Å². The molecule has 8 aromatic carbocycles. The van der Waals surface area contributed by atoms with Crippen LogP contribution in [-0.2, 0) is 0 Å². The van der Waals surface area contributed by atoms with Crippen molar-refractivity contribution in [3.05, 3.63) is 194 Å². The molecule has 0 aliphatic rings. The van der Waals surface area contributed by atoms with E-state index in [9.17, 15) is 0 Å². The Kier molecular flexibility index (Phi) is 7.42. The monoisotopic (exact) mass is 716 g/mol. The van der Waals surface area contributed by atoms with Gasteiger partial charge in [0.2, 0.25) is 0 Å². The summed E-state index contributed by atoms with van der Waals surface area (Å²) in [7, 11) is 0. The average Bonchev–Trinajstić information content (AvgIpc) is 3.83. The highest BCUT2D eigenvalue weighted by molar-refractivity contribution is 6.17. The molecule has 11 aromatic rings. The molecule has 5 nitrogen and oxygen atoms in total. The predicted molar refractivity (Wildman–Crippen MR) is 229 cm³/mol. The molecule has 0 N–H and O–H groups in total. The maximum atomic E-state index is 6.97. The SMILES string of the molecule is c1ccc(-c2cccc(-c3nc(-c4ccccc4)nc(-c4ccc5c(c4)oc4c(-c6ccccc6)ccc(-n6c7ccccc7c7ccccc76)c45)n3)c2)cc1. The van der Waals surface area contributed by atoms with Crippen molar-refractivity contribution < 1.29 is 4.42 Å². The van der Waals surface area contributed by atoms with Gasteiger partial charge in [-0.15, -0.1) is 0 Å². The number of aromatic nitrogens is 4. The maximum Gasteiger partial charge on any atom is 0.164 e. The number of furan rings is 1. The van der Waals surface area contributed by atoms with Gasteiger partial charge in [-0.3, -0.25) is 0 Å². The van der Waals surface area contributed by atoms with Crippen LogP contribution in [-0.4, -0.2) is 19.5 Å². The summed E-state index contributed by atoms with van der Waals surface area (Å²) in [6.45, 7) is 0. The Morgan fingerprint density at radius 3 is 1.54 bits per heavy atom. The van der Waals surface area contributed by atoms with E-state index in [1.54, 1.807) is 0 Å². The van der Waals surface area contributed by atoms with E-state index in [0.717, 1.165) is 77.6 Å². The summed E-state index contributed by atoms with van der Waals surface area (Å²) in [6.07, 6.45) is 0. The average molecular weight is 717 g/mol. The summed E-state index contributed by atoms with van der Waals surface area (Å²) in [5.41, 5.74) is 12.0. The summed E-state index contributed by atoms with van der Waals surface area (Å²) in [5.74, 6) is 1.80. The third-order valence-corrected chi connectivity index (χ3v) is 10.7. The third-order valence-electron chi connectivity index (χ3n) is 10.7. The number of nitrogens with zero attached hydrogens (tertiary/aromatic N) is 4. The van der Waals surface area contributed by atoms with Crippen LogP contribution in [0.4, 0.5) is 0 Å². The van der Waals surface area contributed by atoms with E-state index >= 15 is 0 Å². The fourth-order valence-corrected chi connectivity index (χ4v) is 8.03. The first-order valence-electron chi connectivity index (χ1n) is 18.8. The zero-order valence-electron chi connectivity index (χ0n) is 30.2. The van der Waals surface area contributed by atoms with Crippen LogP contribution in [0.5, 0.6) is 0 Å². The zero-order chi connectivity index (χ0) is 37.0. The van der Waals surface area contributed by atoms with Crippen molar-refractivity contribution in [3.63, 3.8) is 0 Å². The molecular formula is C51H32N4O. The Morgan fingerprint density at radius 2 is 0.875 bits per heavy atom. The number of rotatable bonds is 6. The van der Waals surface area contributed by atoms with Crippen molar-refractivity contribution in [3.8, 4) is 62.1 Å². The molecule has 0 aliphatic carbocycles. The first-order chi connectivity index (χ1) is 27.8. The molecule has 262 valence electrons. The van der Waals surface area contributed by atoms with Gasteiger partial charge >= 0.3 is 0 Å². The van der Waals surface area contributed by atoms with Gasteiger partial charge in [-0.2, -0.15) is 0 Å². The normalized spacial score (nSPS) is 11.6. The smallest absolute Gasteiger partial charge is 0.164 e. The number of benzene rings is 8. The summed E-state index contributed by atoms with van der Waals surface area (Å²) in [4.78, 5) is 15.2. The second-order valence-electron chi connectivity index (χ2n) is 14.0. The predicted octanol–water partition coefficient (Wildman–Crippen LogP) is 13.2. The molecule has 5 heteroatoms. The minimum Gasteiger partial charge on any atom is -0.455 e. The quantitative estimate of drug-likeness (QED) is 0.172. The first kappa shape index (κ1) is 31.9. The minimum atomic E-state index is 0.576. The van der Waals surface area contributed by atoms with E-state index in [1.807, 2.05) is 42.5 Å². The van der Waals surface area contributed by atoms with Crippen LogP contribution in [0.3, 0.4) is 0 Å². The highest BCUT2D eigenvalue weighted by atomic mass is 16.3. The van der Waals surface area contributed by atoms with Crippen molar-refractivity contribution in [1.29, 1.82) is 0 Å². The van der Waals surface area contributed by atoms with Crippen LogP contribution in [0.25, 0.3) is 106 Å². The largest absolute Gasteiger partial charge is 0.455 e. The second kappa shape index (κ2) is 13.0. The van der Waals surface area contributed by atoms with E-state index < -0.39 is 0 Å². The van der Waals surface area contributed by atoms with E-state index in [2.05, 4.69) is 156 Å². The summed E-state index contributed by atoms with van der Waals surface area (Å²) >= 11 is 0. The fourth-order valence-electron chi connectivity index (χ4n) is 8.03. The molecule has 0 atom stereocenters. The fraction of sp³-hybridized carbons (Fsp3) is 0. The summed E-state index contributed by atoms with van der Waals surface area (Å²) in [5, 5.41) is 4.50. The standard InChI is InChI=1S/C51H32N4O/c1-4-15-33(16-5-1)36-21-14-22-37(31-36)50-52-49(35-19-8-3-9-20-35)53-51(54-50)38-27-28-42-46(32-38)56-48-39(34-17-6-2-7-18-34)29-30-45(47(42)48)55-43-25-12-10-23-40(43)41-24-11-13-26-44(41)55/h1-32H. The van der Waals surface area contributed by atoms with Crippen LogP contribution in [0.15, 0.2) is 199 Å². The Labute approximate surface area is 322 Å². The highest BCUT2D eigenvalue weighted by Gasteiger charge is 2.22. The Morgan fingerprint density at radius 1 is 0.357 bits per heavy atom. The molecule has 0 saturated heterocycles. The van der Waals surface area contributed by atoms with Gasteiger partial charge in [-0.25, -0.2) is 15.0 Å². The first-order valence-corrected chi connectivity index (χ1v) is 18.8. The van der Waals surface area contributed by atoms with Crippen molar-refractivity contribution in [2.24, 2.45) is 0 Å². The lowest BCUT2D eigenvalue weighted by atomic mass is 10.0. The van der Waals surface area contributed by atoms with Gasteiger partial charge in [0.15, 0.2) is 17.5 Å². The summed E-state index contributed by atoms with van der Waals surface area (Å²) < 4.78 is 9.35. The lowest BCUT2D eigenvalue weighted by Crippen LogP contribution is -2.00. The lowest BCUT2D eigenvalue weighted by Gasteiger charge is -2.12. The second-order valence-corrected chi connectivity index (χ2v) is 14.0. The molecule has 11 rings (SSSR count). The van der Waals surface area contributed by atoms with Gasteiger partial charge in [0.05, 0.1) is 22.1 Å². The lowest BCUT2D eigenvalue weighted by molar-refractivity contribution is 0.670. The molecule has 0 saturated carbocycles. The Hall–Kier alpha value is -7.63. The topological polar surface area (TPSA) is 56.7 Å². The molecular weight excluding hydrogens is 685 g/mol. The number of fused-ring (bicyclic) bond motifs is 6. The molecule has 0 amide bonds. The van der Waals surface area contributed by atoms with Gasteiger partial charge in [-0.1, -0.05) is 152 Å². The van der Waals surface area contributed by atoms with E-state index in [-0.39, 0.29) is 0 Å². The molecule has 0 aliphatic heterocycles. The van der Waals surface area contributed by atoms with E-state index in [4.69, 9.17) is 19.4 Å². The Balaban J connectivity index is 1.14. The van der Waals surface area contributed by atoms with Crippen LogP contribution < -0.4 is 0 Å². The van der Waals surface area contributed by atoms with Gasteiger partial charge in [0.25, 0.3) is 0 Å².